The SMILES string of the molecule is c1nnn(C2CCNCC2)c1C1CCC1. The summed E-state index contributed by atoms with van der Waals surface area (Å²) in [4.78, 5) is 0. The van der Waals surface area contributed by atoms with Crippen LogP contribution in [0.1, 0.15) is 49.8 Å². The van der Waals surface area contributed by atoms with E-state index < -0.39 is 0 Å². The van der Waals surface area contributed by atoms with Crippen LogP contribution in [0.5, 0.6) is 0 Å². The Morgan fingerprint density at radius 2 is 2.00 bits per heavy atom. The maximum Gasteiger partial charge on any atom is 0.0728 e. The van der Waals surface area contributed by atoms with Gasteiger partial charge >= 0.3 is 0 Å². The van der Waals surface area contributed by atoms with E-state index in [0.29, 0.717) is 6.04 Å². The molecule has 1 aromatic heterocycles. The third-order valence-corrected chi connectivity index (χ3v) is 3.78. The fourth-order valence-electron chi connectivity index (χ4n) is 2.58. The fraction of sp³-hybridized carbons (Fsp3) is 0.818. The van der Waals surface area contributed by atoms with E-state index in [1.54, 1.807) is 0 Å². The summed E-state index contributed by atoms with van der Waals surface area (Å²) in [6.07, 6.45) is 8.41. The van der Waals surface area contributed by atoms with Gasteiger partial charge in [0.15, 0.2) is 0 Å². The Bertz CT molecular complexity index is 323. The second-order valence-electron chi connectivity index (χ2n) is 4.71. The molecule has 1 aliphatic carbocycles. The second-order valence-corrected chi connectivity index (χ2v) is 4.71. The van der Waals surface area contributed by atoms with Gasteiger partial charge in [0.2, 0.25) is 0 Å². The summed E-state index contributed by atoms with van der Waals surface area (Å²) in [5.41, 5.74) is 1.38. The van der Waals surface area contributed by atoms with Gasteiger partial charge in [0.1, 0.15) is 0 Å². The average molecular weight is 206 g/mol. The monoisotopic (exact) mass is 206 g/mol. The highest BCUT2D eigenvalue weighted by Gasteiger charge is 2.27. The summed E-state index contributed by atoms with van der Waals surface area (Å²) < 4.78 is 2.20. The van der Waals surface area contributed by atoms with Crippen molar-refractivity contribution in [2.75, 3.05) is 13.1 Å². The first-order chi connectivity index (χ1) is 7.45. The third-order valence-electron chi connectivity index (χ3n) is 3.78. The van der Waals surface area contributed by atoms with Gasteiger partial charge in [0, 0.05) is 5.92 Å². The molecule has 0 atom stereocenters. The Balaban J connectivity index is 1.80. The van der Waals surface area contributed by atoms with Crippen molar-refractivity contribution in [3.63, 3.8) is 0 Å². The molecule has 1 N–H and O–H groups in total. The summed E-state index contributed by atoms with van der Waals surface area (Å²) in [6, 6.07) is 0.587. The van der Waals surface area contributed by atoms with E-state index in [2.05, 4.69) is 20.3 Å². The number of rotatable bonds is 2. The zero-order chi connectivity index (χ0) is 10.1. The maximum atomic E-state index is 4.28. The molecule has 2 aliphatic rings. The van der Waals surface area contributed by atoms with Crippen molar-refractivity contribution in [2.24, 2.45) is 0 Å². The van der Waals surface area contributed by atoms with Gasteiger partial charge in [0.25, 0.3) is 0 Å². The first kappa shape index (κ1) is 9.33. The lowest BCUT2D eigenvalue weighted by atomic mass is 9.83. The molecular weight excluding hydrogens is 188 g/mol. The number of nitrogens with one attached hydrogen (secondary N) is 1. The van der Waals surface area contributed by atoms with Gasteiger partial charge in [-0.15, -0.1) is 5.10 Å². The summed E-state index contributed by atoms with van der Waals surface area (Å²) in [5, 5.41) is 11.8. The van der Waals surface area contributed by atoms with Gasteiger partial charge < -0.3 is 5.32 Å². The van der Waals surface area contributed by atoms with E-state index in [4.69, 9.17) is 0 Å². The Kier molecular flexibility index (Phi) is 2.44. The lowest BCUT2D eigenvalue weighted by Crippen LogP contribution is -2.31. The molecular formula is C11H18N4. The van der Waals surface area contributed by atoms with E-state index >= 15 is 0 Å². The minimum absolute atomic E-state index is 0.587. The second kappa shape index (κ2) is 3.93. The van der Waals surface area contributed by atoms with E-state index in [1.165, 1.54) is 37.8 Å². The van der Waals surface area contributed by atoms with Crippen LogP contribution in [-0.2, 0) is 0 Å². The molecule has 3 rings (SSSR count). The van der Waals surface area contributed by atoms with Crippen LogP contribution < -0.4 is 5.32 Å². The molecule has 4 nitrogen and oxygen atoms in total. The average Bonchev–Trinajstić information content (AvgIpc) is 2.65. The van der Waals surface area contributed by atoms with Crippen molar-refractivity contribution in [1.82, 2.24) is 20.3 Å². The largest absolute Gasteiger partial charge is 0.317 e. The fourth-order valence-corrected chi connectivity index (χ4v) is 2.58. The van der Waals surface area contributed by atoms with Crippen molar-refractivity contribution in [3.8, 4) is 0 Å². The van der Waals surface area contributed by atoms with Gasteiger partial charge in [0.05, 0.1) is 17.9 Å². The van der Waals surface area contributed by atoms with Crippen molar-refractivity contribution in [3.05, 3.63) is 11.9 Å². The third kappa shape index (κ3) is 1.67. The zero-order valence-electron chi connectivity index (χ0n) is 9.02. The smallest absolute Gasteiger partial charge is 0.0728 e. The highest BCUT2D eigenvalue weighted by Crippen LogP contribution is 2.37. The van der Waals surface area contributed by atoms with Crippen LogP contribution >= 0.6 is 0 Å². The van der Waals surface area contributed by atoms with Crippen LogP contribution in [0.15, 0.2) is 6.20 Å². The number of piperidine rings is 1. The molecule has 0 bridgehead atoms. The van der Waals surface area contributed by atoms with E-state index in [-0.39, 0.29) is 0 Å². The molecule has 1 aromatic rings. The van der Waals surface area contributed by atoms with E-state index in [1.807, 2.05) is 6.20 Å². The topological polar surface area (TPSA) is 42.7 Å². The Hall–Kier alpha value is -0.900. The van der Waals surface area contributed by atoms with Crippen LogP contribution in [0.3, 0.4) is 0 Å². The standard InChI is InChI=1S/C11H18N4/c1-2-9(3-1)11-8-13-14-15(11)10-4-6-12-7-5-10/h8-10,12H,1-7H2. The summed E-state index contributed by atoms with van der Waals surface area (Å²) in [5.74, 6) is 0.745. The molecule has 0 aromatic carbocycles. The van der Waals surface area contributed by atoms with E-state index in [9.17, 15) is 0 Å². The molecule has 15 heavy (non-hydrogen) atoms. The molecule has 0 spiro atoms. The molecule has 2 heterocycles. The van der Waals surface area contributed by atoms with Gasteiger partial charge in [-0.3, -0.25) is 0 Å². The molecule has 0 amide bonds. The molecule has 82 valence electrons. The van der Waals surface area contributed by atoms with Crippen LogP contribution in [0.4, 0.5) is 0 Å². The molecule has 0 radical (unpaired) electrons. The predicted molar refractivity (Wildman–Crippen MR) is 57.8 cm³/mol. The number of hydrogen-bond donors (Lipinski definition) is 1. The molecule has 2 fully saturated rings. The highest BCUT2D eigenvalue weighted by atomic mass is 15.4. The predicted octanol–water partition coefficient (Wildman–Crippen LogP) is 1.47. The molecule has 1 saturated heterocycles. The summed E-state index contributed by atoms with van der Waals surface area (Å²) in [6.45, 7) is 2.24. The van der Waals surface area contributed by atoms with Crippen LogP contribution in [0.2, 0.25) is 0 Å². The van der Waals surface area contributed by atoms with Gasteiger partial charge in [-0.2, -0.15) is 0 Å². The minimum atomic E-state index is 0.587. The normalized spacial score (nSPS) is 24.0. The van der Waals surface area contributed by atoms with Crippen molar-refractivity contribution in [1.29, 1.82) is 0 Å². The van der Waals surface area contributed by atoms with Crippen molar-refractivity contribution >= 4 is 0 Å². The molecule has 1 aliphatic heterocycles. The first-order valence-corrected chi connectivity index (χ1v) is 6.06. The number of aromatic nitrogens is 3. The zero-order valence-corrected chi connectivity index (χ0v) is 9.02. The highest BCUT2D eigenvalue weighted by molar-refractivity contribution is 5.08. The lowest BCUT2D eigenvalue weighted by Gasteiger charge is -2.29. The minimum Gasteiger partial charge on any atom is -0.317 e. The molecule has 0 unspecified atom stereocenters. The summed E-state index contributed by atoms with van der Waals surface area (Å²) in [7, 11) is 0. The number of nitrogens with zero attached hydrogens (tertiary/aromatic N) is 3. The van der Waals surface area contributed by atoms with Gasteiger partial charge in [-0.05, 0) is 38.8 Å². The van der Waals surface area contributed by atoms with E-state index in [0.717, 1.165) is 19.0 Å². The lowest BCUT2D eigenvalue weighted by molar-refractivity contribution is 0.306. The van der Waals surface area contributed by atoms with Crippen LogP contribution in [-0.4, -0.2) is 28.1 Å². The van der Waals surface area contributed by atoms with Crippen LogP contribution in [0.25, 0.3) is 0 Å². The number of hydrogen-bond acceptors (Lipinski definition) is 3. The first-order valence-electron chi connectivity index (χ1n) is 6.06. The molecule has 1 saturated carbocycles. The quantitative estimate of drug-likeness (QED) is 0.796. The maximum absolute atomic E-state index is 4.28. The van der Waals surface area contributed by atoms with Gasteiger partial charge in [-0.25, -0.2) is 4.68 Å². The van der Waals surface area contributed by atoms with Gasteiger partial charge in [-0.1, -0.05) is 11.6 Å². The van der Waals surface area contributed by atoms with Crippen LogP contribution in [0, 0.1) is 0 Å². The Labute approximate surface area is 90.0 Å². The Morgan fingerprint density at radius 3 is 2.67 bits per heavy atom. The van der Waals surface area contributed by atoms with Crippen molar-refractivity contribution in [2.45, 2.75) is 44.1 Å². The molecule has 4 heteroatoms. The Morgan fingerprint density at radius 1 is 1.20 bits per heavy atom. The summed E-state index contributed by atoms with van der Waals surface area (Å²) >= 11 is 0. The van der Waals surface area contributed by atoms with Crippen molar-refractivity contribution < 1.29 is 0 Å².